The fourth-order valence-electron chi connectivity index (χ4n) is 4.32. The zero-order valence-electron chi connectivity index (χ0n) is 18.6. The fraction of sp³-hybridized carbons (Fsp3) is 0.458. The summed E-state index contributed by atoms with van der Waals surface area (Å²) in [6.07, 6.45) is 2.46. The summed E-state index contributed by atoms with van der Waals surface area (Å²) < 4.78 is 11.7. The van der Waals surface area contributed by atoms with Crippen LogP contribution in [0, 0.1) is 13.8 Å². The number of hydrogen-bond acceptors (Lipinski definition) is 7. The van der Waals surface area contributed by atoms with Gasteiger partial charge in [0.15, 0.2) is 5.76 Å². The first-order valence-electron chi connectivity index (χ1n) is 11.0. The summed E-state index contributed by atoms with van der Waals surface area (Å²) in [4.78, 5) is 33.2. The molecule has 2 aliphatic heterocycles. The number of carbonyl (C=O) groups excluding carboxylic acids is 2. The Morgan fingerprint density at radius 3 is 2.78 bits per heavy atom. The third-order valence-electron chi connectivity index (χ3n) is 5.76. The molecule has 2 aliphatic rings. The van der Waals surface area contributed by atoms with Gasteiger partial charge in [0.2, 0.25) is 5.78 Å². The summed E-state index contributed by atoms with van der Waals surface area (Å²) in [6.45, 7) is 7.07. The predicted molar refractivity (Wildman–Crippen MR) is 121 cm³/mol. The Labute approximate surface area is 191 Å². The van der Waals surface area contributed by atoms with Gasteiger partial charge in [0.1, 0.15) is 5.75 Å². The molecule has 8 heteroatoms. The lowest BCUT2D eigenvalue weighted by Gasteiger charge is -2.30. The van der Waals surface area contributed by atoms with E-state index in [1.807, 2.05) is 38.1 Å². The Morgan fingerprint density at radius 1 is 1.34 bits per heavy atom. The SMILES string of the molecule is CCCOc1ccccc1C1C(C(=O)c2sc(C)nc2C)=C(O)C(=O)N1CC1CCCO1. The number of Topliss-reactive ketones (excluding diaryl/α,β-unsaturated/α-hetero) is 1. The van der Waals surface area contributed by atoms with Crippen LogP contribution >= 0.6 is 11.3 Å². The number of ketones is 1. The van der Waals surface area contributed by atoms with Gasteiger partial charge in [-0.15, -0.1) is 11.3 Å². The molecule has 1 aromatic carbocycles. The Bertz CT molecular complexity index is 1050. The van der Waals surface area contributed by atoms with Crippen LogP contribution in [-0.4, -0.2) is 52.5 Å². The normalized spacial score (nSPS) is 21.0. The lowest BCUT2D eigenvalue weighted by atomic mass is 9.94. The van der Waals surface area contributed by atoms with Crippen molar-refractivity contribution in [2.45, 2.75) is 52.2 Å². The lowest BCUT2D eigenvalue weighted by molar-refractivity contribution is -0.131. The van der Waals surface area contributed by atoms with Crippen LogP contribution in [0.5, 0.6) is 5.75 Å². The molecule has 2 aromatic rings. The Morgan fingerprint density at radius 2 is 2.12 bits per heavy atom. The molecule has 1 amide bonds. The number of hydrogen-bond donors (Lipinski definition) is 1. The molecule has 4 rings (SSSR count). The number of amides is 1. The van der Waals surface area contributed by atoms with Gasteiger partial charge in [-0.3, -0.25) is 9.59 Å². The molecule has 0 aliphatic carbocycles. The van der Waals surface area contributed by atoms with Gasteiger partial charge in [0.25, 0.3) is 5.91 Å². The van der Waals surface area contributed by atoms with Crippen LogP contribution in [0.4, 0.5) is 0 Å². The number of para-hydroxylation sites is 1. The second-order valence-corrected chi connectivity index (χ2v) is 9.32. The number of aliphatic hydroxyl groups excluding tert-OH is 1. The fourth-order valence-corrected chi connectivity index (χ4v) is 5.19. The van der Waals surface area contributed by atoms with E-state index in [1.165, 1.54) is 11.3 Å². The average molecular weight is 457 g/mol. The van der Waals surface area contributed by atoms with Crippen molar-refractivity contribution in [1.29, 1.82) is 0 Å². The molecule has 7 nitrogen and oxygen atoms in total. The standard InChI is InChI=1S/C24H28N2O5S/c1-4-11-31-18-10-6-5-9-17(18)20-19(21(27)23-14(2)25-15(3)32-23)22(28)24(29)26(20)13-16-8-7-12-30-16/h5-6,9-10,16,20,28H,4,7-8,11-13H2,1-3H3. The minimum absolute atomic E-state index is 0.0762. The van der Waals surface area contributed by atoms with E-state index in [1.54, 1.807) is 11.8 Å². The third-order valence-corrected chi connectivity index (χ3v) is 6.83. The first-order valence-corrected chi connectivity index (χ1v) is 11.8. The minimum Gasteiger partial charge on any atom is -0.503 e. The molecule has 1 N–H and O–H groups in total. The topological polar surface area (TPSA) is 89.0 Å². The molecule has 1 fully saturated rings. The molecule has 0 spiro atoms. The van der Waals surface area contributed by atoms with E-state index in [2.05, 4.69) is 4.98 Å². The quantitative estimate of drug-likeness (QED) is 0.596. The van der Waals surface area contributed by atoms with Crippen molar-refractivity contribution < 1.29 is 24.2 Å². The van der Waals surface area contributed by atoms with Crippen LogP contribution in [-0.2, 0) is 9.53 Å². The zero-order chi connectivity index (χ0) is 22.8. The number of rotatable bonds is 8. The number of aliphatic hydroxyl groups is 1. The third kappa shape index (κ3) is 4.17. The number of ether oxygens (including phenoxy) is 2. The first-order chi connectivity index (χ1) is 15.4. The molecule has 3 heterocycles. The van der Waals surface area contributed by atoms with Gasteiger partial charge in [0.05, 0.1) is 39.9 Å². The summed E-state index contributed by atoms with van der Waals surface area (Å²) in [5, 5.41) is 11.7. The van der Waals surface area contributed by atoms with Gasteiger partial charge in [-0.2, -0.15) is 0 Å². The highest BCUT2D eigenvalue weighted by molar-refractivity contribution is 7.14. The van der Waals surface area contributed by atoms with E-state index >= 15 is 0 Å². The van der Waals surface area contributed by atoms with E-state index < -0.39 is 17.7 Å². The maximum Gasteiger partial charge on any atom is 0.290 e. The van der Waals surface area contributed by atoms with Gasteiger partial charge < -0.3 is 19.5 Å². The predicted octanol–water partition coefficient (Wildman–Crippen LogP) is 4.31. The molecular weight excluding hydrogens is 428 g/mol. The summed E-state index contributed by atoms with van der Waals surface area (Å²) in [6, 6.07) is 6.63. The van der Waals surface area contributed by atoms with Gasteiger partial charge in [0, 0.05) is 18.7 Å². The molecule has 2 atom stereocenters. The first kappa shape index (κ1) is 22.5. The number of aromatic nitrogens is 1. The van der Waals surface area contributed by atoms with Crippen molar-refractivity contribution in [3.8, 4) is 5.75 Å². The van der Waals surface area contributed by atoms with Crippen molar-refractivity contribution in [1.82, 2.24) is 9.88 Å². The molecule has 1 saturated heterocycles. The summed E-state index contributed by atoms with van der Waals surface area (Å²) in [7, 11) is 0. The molecule has 1 aromatic heterocycles. The lowest BCUT2D eigenvalue weighted by Crippen LogP contribution is -2.37. The molecule has 32 heavy (non-hydrogen) atoms. The van der Waals surface area contributed by atoms with Crippen LogP contribution < -0.4 is 4.74 Å². The van der Waals surface area contributed by atoms with Crippen LogP contribution in [0.15, 0.2) is 35.6 Å². The molecule has 170 valence electrons. The number of nitrogens with zero attached hydrogens (tertiary/aromatic N) is 2. The van der Waals surface area contributed by atoms with Crippen molar-refractivity contribution in [3.05, 3.63) is 56.7 Å². The van der Waals surface area contributed by atoms with E-state index in [0.717, 1.165) is 24.3 Å². The highest BCUT2D eigenvalue weighted by atomic mass is 32.1. The largest absolute Gasteiger partial charge is 0.503 e. The maximum atomic E-state index is 13.6. The van der Waals surface area contributed by atoms with Crippen molar-refractivity contribution >= 4 is 23.0 Å². The summed E-state index contributed by atoms with van der Waals surface area (Å²) in [5.41, 5.74) is 1.35. The van der Waals surface area contributed by atoms with Gasteiger partial charge in [-0.1, -0.05) is 25.1 Å². The number of carbonyl (C=O) groups is 2. The smallest absolute Gasteiger partial charge is 0.290 e. The average Bonchev–Trinajstić information content (AvgIpc) is 3.47. The van der Waals surface area contributed by atoms with Crippen molar-refractivity contribution in [2.75, 3.05) is 19.8 Å². The highest BCUT2D eigenvalue weighted by Crippen LogP contribution is 2.43. The van der Waals surface area contributed by atoms with Crippen LogP contribution in [0.25, 0.3) is 0 Å². The monoisotopic (exact) mass is 456 g/mol. The van der Waals surface area contributed by atoms with Gasteiger partial charge in [-0.05, 0) is 39.2 Å². The van der Waals surface area contributed by atoms with Gasteiger partial charge >= 0.3 is 0 Å². The molecular formula is C24H28N2O5S. The summed E-state index contributed by atoms with van der Waals surface area (Å²) >= 11 is 1.27. The molecule has 0 bridgehead atoms. The second-order valence-electron chi connectivity index (χ2n) is 8.12. The van der Waals surface area contributed by atoms with Crippen LogP contribution in [0.1, 0.15) is 58.2 Å². The molecule has 0 radical (unpaired) electrons. The Balaban J connectivity index is 1.80. The van der Waals surface area contributed by atoms with E-state index in [0.29, 0.717) is 41.6 Å². The number of benzene rings is 1. The second kappa shape index (κ2) is 9.42. The van der Waals surface area contributed by atoms with Gasteiger partial charge in [-0.25, -0.2) is 4.98 Å². The van der Waals surface area contributed by atoms with Crippen LogP contribution in [0.3, 0.4) is 0 Å². The van der Waals surface area contributed by atoms with E-state index in [-0.39, 0.29) is 17.5 Å². The minimum atomic E-state index is -0.755. The van der Waals surface area contributed by atoms with E-state index in [9.17, 15) is 14.7 Å². The summed E-state index contributed by atoms with van der Waals surface area (Å²) in [5.74, 6) is -0.836. The Hall–Kier alpha value is -2.71. The zero-order valence-corrected chi connectivity index (χ0v) is 19.4. The molecule has 0 saturated carbocycles. The molecule has 2 unspecified atom stereocenters. The number of thiazole rings is 1. The van der Waals surface area contributed by atoms with Crippen molar-refractivity contribution in [2.24, 2.45) is 0 Å². The van der Waals surface area contributed by atoms with Crippen LogP contribution in [0.2, 0.25) is 0 Å². The Kier molecular flexibility index (Phi) is 6.62. The maximum absolute atomic E-state index is 13.6. The number of aryl methyl sites for hydroxylation is 2. The highest BCUT2D eigenvalue weighted by Gasteiger charge is 2.46. The van der Waals surface area contributed by atoms with E-state index in [4.69, 9.17) is 9.47 Å². The van der Waals surface area contributed by atoms with Crippen molar-refractivity contribution in [3.63, 3.8) is 0 Å².